The van der Waals surface area contributed by atoms with Gasteiger partial charge in [0.1, 0.15) is 43.2 Å². The minimum Gasteiger partial charge on any atom is -0.462 e. The van der Waals surface area contributed by atoms with E-state index in [1.165, 1.54) is 64.2 Å². The zero-order valence-electron chi connectivity index (χ0n) is 35.1. The predicted molar refractivity (Wildman–Crippen MR) is 221 cm³/mol. The number of aliphatic hydroxyl groups is 5. The molecular weight excluding hydrogens is 755 g/mol. The molecule has 1 fully saturated rings. The van der Waals surface area contributed by atoms with E-state index in [0.717, 1.165) is 77.0 Å². The molecule has 1 aliphatic rings. The minimum absolute atomic E-state index is 0.0865. The van der Waals surface area contributed by atoms with Crippen LogP contribution in [0, 0.1) is 0 Å². The van der Waals surface area contributed by atoms with Crippen LogP contribution in [0.2, 0.25) is 0 Å². The number of rotatable bonds is 36. The molecule has 334 valence electrons. The number of carbonyl (C=O) groups is 2. The number of unbranched alkanes of at least 4 members (excludes halogenated alkanes) is 20. The summed E-state index contributed by atoms with van der Waals surface area (Å²) in [4.78, 5) is 35.6. The van der Waals surface area contributed by atoms with Gasteiger partial charge in [-0.25, -0.2) is 4.57 Å². The van der Waals surface area contributed by atoms with Crippen LogP contribution in [0.25, 0.3) is 0 Å². The molecule has 0 aromatic heterocycles. The van der Waals surface area contributed by atoms with Crippen molar-refractivity contribution in [3.05, 3.63) is 24.3 Å². The third kappa shape index (κ3) is 26.9. The SMILES string of the molecule is CCCCCC/C=C\CCCCCCCC(=O)OC[C@H](COP(=O)(O)OC1C(O)C(O)C(O)[C@@H](O)C1O)OC(=O)CCCCCCC/C=C\CCCCCCCC. The zero-order chi connectivity index (χ0) is 42.2. The van der Waals surface area contributed by atoms with Crippen LogP contribution >= 0.6 is 7.82 Å². The average molecular weight is 835 g/mol. The van der Waals surface area contributed by atoms with Crippen molar-refractivity contribution in [2.75, 3.05) is 13.2 Å². The number of hydrogen-bond acceptors (Lipinski definition) is 12. The molecule has 14 heteroatoms. The fourth-order valence-electron chi connectivity index (χ4n) is 6.63. The number of ether oxygens (including phenoxy) is 2. The summed E-state index contributed by atoms with van der Waals surface area (Å²) >= 11 is 0. The van der Waals surface area contributed by atoms with Crippen molar-refractivity contribution >= 4 is 19.8 Å². The topological polar surface area (TPSA) is 210 Å². The Morgan fingerprint density at radius 3 is 1.35 bits per heavy atom. The molecule has 0 aromatic carbocycles. The van der Waals surface area contributed by atoms with Gasteiger partial charge < -0.3 is 39.9 Å². The lowest BCUT2D eigenvalue weighted by Gasteiger charge is -2.41. The normalized spacial score (nSPS) is 22.9. The molecule has 1 saturated carbocycles. The van der Waals surface area contributed by atoms with E-state index in [4.69, 9.17) is 18.5 Å². The van der Waals surface area contributed by atoms with E-state index in [1.807, 2.05) is 0 Å². The molecule has 1 rings (SSSR count). The molecular formula is C43H79O13P. The van der Waals surface area contributed by atoms with Crippen LogP contribution in [-0.4, -0.2) is 98.3 Å². The Balaban J connectivity index is 2.50. The molecule has 1 aliphatic carbocycles. The van der Waals surface area contributed by atoms with Crippen molar-refractivity contribution in [1.29, 1.82) is 0 Å². The summed E-state index contributed by atoms with van der Waals surface area (Å²) < 4.78 is 33.4. The Labute approximate surface area is 343 Å². The van der Waals surface area contributed by atoms with Gasteiger partial charge in [-0.3, -0.25) is 18.6 Å². The molecule has 0 aromatic rings. The van der Waals surface area contributed by atoms with Gasteiger partial charge in [0.2, 0.25) is 0 Å². The van der Waals surface area contributed by atoms with Crippen molar-refractivity contribution in [1.82, 2.24) is 0 Å². The van der Waals surface area contributed by atoms with Crippen molar-refractivity contribution in [2.45, 2.75) is 224 Å². The second-order valence-electron chi connectivity index (χ2n) is 15.5. The van der Waals surface area contributed by atoms with Crippen molar-refractivity contribution in [2.24, 2.45) is 0 Å². The van der Waals surface area contributed by atoms with Gasteiger partial charge >= 0.3 is 19.8 Å². The van der Waals surface area contributed by atoms with Gasteiger partial charge in [0, 0.05) is 12.8 Å². The lowest BCUT2D eigenvalue weighted by atomic mass is 9.85. The highest BCUT2D eigenvalue weighted by Crippen LogP contribution is 2.47. The van der Waals surface area contributed by atoms with Crippen LogP contribution in [0.15, 0.2) is 24.3 Å². The van der Waals surface area contributed by atoms with Crippen molar-refractivity contribution in [3.63, 3.8) is 0 Å². The van der Waals surface area contributed by atoms with Gasteiger partial charge in [0.25, 0.3) is 0 Å². The first kappa shape index (κ1) is 53.3. The molecule has 6 N–H and O–H groups in total. The Hall–Kier alpha value is -1.67. The van der Waals surface area contributed by atoms with E-state index < -0.39 is 75.7 Å². The standard InChI is InChI=1S/C43H79O13P/c1-3-5-7-9-11-13-15-17-18-20-22-24-26-28-30-32-37(45)55-35(34-54-57(51,52)56-43-41(49)39(47)38(46)40(48)42(43)50)33-53-36(44)31-29-27-25-23-21-19-16-14-12-10-8-6-4-2/h14,16-18,35,38-43,46-50H,3-13,15,19-34H2,1-2H3,(H,51,52)/b16-14-,18-17-/t35-,38?,39-,40?,41?,42?,43?/m1/s1. The van der Waals surface area contributed by atoms with Gasteiger partial charge in [-0.15, -0.1) is 0 Å². The number of aliphatic hydroxyl groups excluding tert-OH is 5. The molecule has 0 bridgehead atoms. The molecule has 8 atom stereocenters. The summed E-state index contributed by atoms with van der Waals surface area (Å²) in [7, 11) is -5.12. The maximum atomic E-state index is 12.8. The largest absolute Gasteiger partial charge is 0.472 e. The lowest BCUT2D eigenvalue weighted by molar-refractivity contribution is -0.220. The van der Waals surface area contributed by atoms with Crippen molar-refractivity contribution < 1.29 is 63.1 Å². The van der Waals surface area contributed by atoms with Crippen LogP contribution < -0.4 is 0 Å². The van der Waals surface area contributed by atoms with E-state index in [9.17, 15) is 44.6 Å². The quantitative estimate of drug-likeness (QED) is 0.0153. The number of phosphoric acid groups is 1. The summed E-state index contributed by atoms with van der Waals surface area (Å²) in [5.41, 5.74) is 0. The number of carbonyl (C=O) groups excluding carboxylic acids is 2. The van der Waals surface area contributed by atoms with Crippen LogP contribution in [0.5, 0.6) is 0 Å². The van der Waals surface area contributed by atoms with Gasteiger partial charge in [-0.2, -0.15) is 0 Å². The Morgan fingerprint density at radius 2 is 0.895 bits per heavy atom. The Bertz CT molecular complexity index is 1100. The summed E-state index contributed by atoms with van der Waals surface area (Å²) in [6.45, 7) is 3.25. The fourth-order valence-corrected chi connectivity index (χ4v) is 7.60. The van der Waals surface area contributed by atoms with Crippen LogP contribution in [-0.2, 0) is 32.7 Å². The molecule has 13 nitrogen and oxygen atoms in total. The third-order valence-electron chi connectivity index (χ3n) is 10.3. The van der Waals surface area contributed by atoms with Gasteiger partial charge in [0.05, 0.1) is 6.61 Å². The summed E-state index contributed by atoms with van der Waals surface area (Å²) in [5, 5.41) is 50.1. The van der Waals surface area contributed by atoms with E-state index in [-0.39, 0.29) is 12.8 Å². The molecule has 0 amide bonds. The molecule has 0 radical (unpaired) electrons. The highest BCUT2D eigenvalue weighted by atomic mass is 31.2. The first-order chi connectivity index (χ1) is 27.4. The first-order valence-electron chi connectivity index (χ1n) is 22.1. The molecule has 57 heavy (non-hydrogen) atoms. The summed E-state index contributed by atoms with van der Waals surface area (Å²) in [5.74, 6) is -1.12. The summed E-state index contributed by atoms with van der Waals surface area (Å²) in [6.07, 6.45) is 22.4. The first-order valence-corrected chi connectivity index (χ1v) is 23.6. The monoisotopic (exact) mass is 835 g/mol. The van der Waals surface area contributed by atoms with E-state index in [1.54, 1.807) is 0 Å². The Kier molecular flexibility index (Phi) is 31.9. The van der Waals surface area contributed by atoms with Crippen LogP contribution in [0.4, 0.5) is 0 Å². The van der Waals surface area contributed by atoms with E-state index in [0.29, 0.717) is 12.8 Å². The number of phosphoric ester groups is 1. The maximum absolute atomic E-state index is 12.8. The predicted octanol–water partition coefficient (Wildman–Crippen LogP) is 8.06. The molecule has 0 aliphatic heterocycles. The fraction of sp³-hybridized carbons (Fsp3) is 0.860. The number of allylic oxidation sites excluding steroid dienone is 4. The maximum Gasteiger partial charge on any atom is 0.472 e. The second kappa shape index (κ2) is 34.1. The van der Waals surface area contributed by atoms with Gasteiger partial charge in [0.15, 0.2) is 6.10 Å². The molecule has 0 spiro atoms. The highest BCUT2D eigenvalue weighted by molar-refractivity contribution is 7.47. The third-order valence-corrected chi connectivity index (χ3v) is 11.3. The highest BCUT2D eigenvalue weighted by Gasteiger charge is 2.51. The average Bonchev–Trinajstić information content (AvgIpc) is 3.19. The van der Waals surface area contributed by atoms with Crippen LogP contribution in [0.1, 0.15) is 181 Å². The second-order valence-corrected chi connectivity index (χ2v) is 16.9. The number of hydrogen-bond donors (Lipinski definition) is 6. The smallest absolute Gasteiger partial charge is 0.462 e. The van der Waals surface area contributed by atoms with E-state index in [2.05, 4.69) is 38.2 Å². The summed E-state index contributed by atoms with van der Waals surface area (Å²) in [6, 6.07) is 0. The lowest BCUT2D eigenvalue weighted by Crippen LogP contribution is -2.64. The molecule has 0 heterocycles. The number of esters is 2. The van der Waals surface area contributed by atoms with Crippen LogP contribution in [0.3, 0.4) is 0 Å². The zero-order valence-corrected chi connectivity index (χ0v) is 36.0. The van der Waals surface area contributed by atoms with E-state index >= 15 is 0 Å². The molecule has 6 unspecified atom stereocenters. The minimum atomic E-state index is -5.12. The Morgan fingerprint density at radius 1 is 0.526 bits per heavy atom. The van der Waals surface area contributed by atoms with Gasteiger partial charge in [-0.05, 0) is 64.2 Å². The van der Waals surface area contributed by atoms with Crippen molar-refractivity contribution in [3.8, 4) is 0 Å². The van der Waals surface area contributed by atoms with Gasteiger partial charge in [-0.1, -0.05) is 128 Å². The molecule has 0 saturated heterocycles.